The molecule has 0 aromatic rings. The molecule has 0 aromatic carbocycles. The van der Waals surface area contributed by atoms with E-state index in [-0.39, 0.29) is 5.41 Å². The Morgan fingerprint density at radius 3 is 2.50 bits per heavy atom. The average Bonchev–Trinajstić information content (AvgIpc) is 2.49. The van der Waals surface area contributed by atoms with Crippen molar-refractivity contribution in [2.24, 2.45) is 11.3 Å². The van der Waals surface area contributed by atoms with E-state index in [0.29, 0.717) is 11.8 Å². The molecule has 2 heterocycles. The van der Waals surface area contributed by atoms with Crippen LogP contribution in [0.25, 0.3) is 0 Å². The summed E-state index contributed by atoms with van der Waals surface area (Å²) >= 11 is 0. The predicted octanol–water partition coefficient (Wildman–Crippen LogP) is 0.854. The molecule has 2 aliphatic rings. The zero-order chi connectivity index (χ0) is 10.2. The van der Waals surface area contributed by atoms with Crippen LogP contribution in [0.3, 0.4) is 0 Å². The number of nitrogens with zero attached hydrogens (tertiary/aromatic N) is 1. The largest absolute Gasteiger partial charge is 0.342 e. The number of amides is 1. The summed E-state index contributed by atoms with van der Waals surface area (Å²) in [4.78, 5) is 14.3. The Bertz CT molecular complexity index is 227. The van der Waals surface area contributed by atoms with Crippen LogP contribution in [0, 0.1) is 11.3 Å². The van der Waals surface area contributed by atoms with Crippen molar-refractivity contribution in [1.82, 2.24) is 10.2 Å². The van der Waals surface area contributed by atoms with Gasteiger partial charge in [0, 0.05) is 19.6 Å². The molecule has 0 bridgehead atoms. The van der Waals surface area contributed by atoms with Gasteiger partial charge in [0.05, 0.1) is 5.41 Å². The van der Waals surface area contributed by atoms with Gasteiger partial charge in [-0.15, -0.1) is 0 Å². The van der Waals surface area contributed by atoms with Crippen LogP contribution in [-0.4, -0.2) is 37.0 Å². The summed E-state index contributed by atoms with van der Waals surface area (Å²) in [5.41, 5.74) is -0.0968. The minimum absolute atomic E-state index is 0.0968. The molecule has 0 radical (unpaired) electrons. The van der Waals surface area contributed by atoms with Crippen molar-refractivity contribution in [2.45, 2.75) is 26.7 Å². The first-order valence-electron chi connectivity index (χ1n) is 5.67. The van der Waals surface area contributed by atoms with Crippen LogP contribution in [0.2, 0.25) is 0 Å². The summed E-state index contributed by atoms with van der Waals surface area (Å²) in [6.45, 7) is 8.17. The molecule has 0 saturated carbocycles. The summed E-state index contributed by atoms with van der Waals surface area (Å²) in [6.07, 6.45) is 2.20. The Balaban J connectivity index is 2.12. The minimum Gasteiger partial charge on any atom is -0.342 e. The summed E-state index contributed by atoms with van der Waals surface area (Å²) < 4.78 is 0. The smallest absolute Gasteiger partial charge is 0.230 e. The van der Waals surface area contributed by atoms with Crippen LogP contribution in [0.15, 0.2) is 0 Å². The molecule has 0 aliphatic carbocycles. The molecule has 2 rings (SSSR count). The maximum atomic E-state index is 12.3. The highest BCUT2D eigenvalue weighted by atomic mass is 16.2. The van der Waals surface area contributed by atoms with Crippen molar-refractivity contribution in [3.63, 3.8) is 0 Å². The van der Waals surface area contributed by atoms with Gasteiger partial charge in [0.2, 0.25) is 5.91 Å². The first kappa shape index (κ1) is 9.97. The van der Waals surface area contributed by atoms with E-state index >= 15 is 0 Å². The van der Waals surface area contributed by atoms with Crippen LogP contribution in [-0.2, 0) is 4.79 Å². The molecule has 0 aromatic heterocycles. The van der Waals surface area contributed by atoms with E-state index in [1.165, 1.54) is 6.42 Å². The summed E-state index contributed by atoms with van der Waals surface area (Å²) in [5.74, 6) is 0.842. The molecule has 3 nitrogen and oxygen atoms in total. The zero-order valence-electron chi connectivity index (χ0n) is 9.18. The predicted molar refractivity (Wildman–Crippen MR) is 56.0 cm³/mol. The molecular weight excluding hydrogens is 176 g/mol. The Hall–Kier alpha value is -0.570. The average molecular weight is 196 g/mol. The van der Waals surface area contributed by atoms with Crippen LogP contribution < -0.4 is 5.32 Å². The maximum absolute atomic E-state index is 12.3. The lowest BCUT2D eigenvalue weighted by molar-refractivity contribution is -0.147. The molecule has 2 saturated heterocycles. The molecule has 1 unspecified atom stereocenters. The number of likely N-dealkylation sites (tertiary alicyclic amines) is 1. The highest BCUT2D eigenvalue weighted by Crippen LogP contribution is 2.37. The molecule has 14 heavy (non-hydrogen) atoms. The van der Waals surface area contributed by atoms with E-state index in [4.69, 9.17) is 0 Å². The van der Waals surface area contributed by atoms with Gasteiger partial charge in [-0.2, -0.15) is 0 Å². The zero-order valence-corrected chi connectivity index (χ0v) is 9.18. The first-order chi connectivity index (χ1) is 6.67. The van der Waals surface area contributed by atoms with Crippen molar-refractivity contribution in [1.29, 1.82) is 0 Å². The Morgan fingerprint density at radius 2 is 2.14 bits per heavy atom. The second-order valence-electron chi connectivity index (χ2n) is 4.88. The number of carbonyl (C=O) groups is 1. The lowest BCUT2D eigenvalue weighted by Crippen LogP contribution is -2.53. The number of rotatable bonds is 2. The third-order valence-electron chi connectivity index (χ3n) is 3.86. The van der Waals surface area contributed by atoms with Crippen molar-refractivity contribution in [2.75, 3.05) is 26.2 Å². The number of hydrogen-bond acceptors (Lipinski definition) is 2. The fourth-order valence-corrected chi connectivity index (χ4v) is 2.47. The molecule has 1 amide bonds. The molecule has 1 N–H and O–H groups in total. The van der Waals surface area contributed by atoms with Crippen molar-refractivity contribution in [3.8, 4) is 0 Å². The van der Waals surface area contributed by atoms with E-state index in [1.807, 2.05) is 4.90 Å². The first-order valence-corrected chi connectivity index (χ1v) is 5.67. The number of hydrogen-bond donors (Lipinski definition) is 1. The molecule has 80 valence electrons. The van der Waals surface area contributed by atoms with Gasteiger partial charge in [-0.3, -0.25) is 4.79 Å². The molecule has 1 atom stereocenters. The standard InChI is InChI=1S/C11H20N2O/c1-9(2)11(4-5-12-8-11)10(14)13-6-3-7-13/h9,12H,3-8H2,1-2H3. The SMILES string of the molecule is CC(C)C1(C(=O)N2CCC2)CCNC1. The third kappa shape index (κ3) is 1.34. The minimum atomic E-state index is -0.0968. The van der Waals surface area contributed by atoms with Gasteiger partial charge in [-0.05, 0) is 25.3 Å². The van der Waals surface area contributed by atoms with Crippen LogP contribution in [0.1, 0.15) is 26.7 Å². The number of nitrogens with one attached hydrogen (secondary N) is 1. The van der Waals surface area contributed by atoms with Gasteiger partial charge in [0.25, 0.3) is 0 Å². The lowest BCUT2D eigenvalue weighted by Gasteiger charge is -2.41. The number of carbonyl (C=O) groups excluding carboxylic acids is 1. The fraction of sp³-hybridized carbons (Fsp3) is 0.909. The van der Waals surface area contributed by atoms with Gasteiger partial charge in [-0.25, -0.2) is 0 Å². The van der Waals surface area contributed by atoms with Crippen molar-refractivity contribution >= 4 is 5.91 Å². The monoisotopic (exact) mass is 196 g/mol. The molecule has 2 aliphatic heterocycles. The van der Waals surface area contributed by atoms with E-state index in [9.17, 15) is 4.79 Å². The van der Waals surface area contributed by atoms with Gasteiger partial charge in [-0.1, -0.05) is 13.8 Å². The topological polar surface area (TPSA) is 32.3 Å². The molecule has 2 fully saturated rings. The van der Waals surface area contributed by atoms with E-state index in [0.717, 1.165) is 32.6 Å². The maximum Gasteiger partial charge on any atom is 0.230 e. The Labute approximate surface area is 85.8 Å². The lowest BCUT2D eigenvalue weighted by atomic mass is 9.74. The quantitative estimate of drug-likeness (QED) is 0.710. The second-order valence-corrected chi connectivity index (χ2v) is 4.88. The fourth-order valence-electron chi connectivity index (χ4n) is 2.47. The van der Waals surface area contributed by atoms with Crippen LogP contribution in [0.4, 0.5) is 0 Å². The van der Waals surface area contributed by atoms with Gasteiger partial charge < -0.3 is 10.2 Å². The van der Waals surface area contributed by atoms with E-state index in [2.05, 4.69) is 19.2 Å². The molecule has 3 heteroatoms. The van der Waals surface area contributed by atoms with Crippen LogP contribution in [0.5, 0.6) is 0 Å². The summed E-state index contributed by atoms with van der Waals surface area (Å²) in [5, 5.41) is 3.33. The highest BCUT2D eigenvalue weighted by Gasteiger charge is 2.46. The Kier molecular flexibility index (Phi) is 2.52. The summed E-state index contributed by atoms with van der Waals surface area (Å²) in [6, 6.07) is 0. The normalized spacial score (nSPS) is 32.1. The van der Waals surface area contributed by atoms with Gasteiger partial charge in [0.15, 0.2) is 0 Å². The summed E-state index contributed by atoms with van der Waals surface area (Å²) in [7, 11) is 0. The van der Waals surface area contributed by atoms with Crippen molar-refractivity contribution < 1.29 is 4.79 Å². The second kappa shape index (κ2) is 3.54. The molecular formula is C11H20N2O. The van der Waals surface area contributed by atoms with Gasteiger partial charge in [0.1, 0.15) is 0 Å². The van der Waals surface area contributed by atoms with E-state index in [1.54, 1.807) is 0 Å². The van der Waals surface area contributed by atoms with E-state index < -0.39 is 0 Å². The third-order valence-corrected chi connectivity index (χ3v) is 3.86. The molecule has 0 spiro atoms. The van der Waals surface area contributed by atoms with Gasteiger partial charge >= 0.3 is 0 Å². The Morgan fingerprint density at radius 1 is 1.43 bits per heavy atom. The van der Waals surface area contributed by atoms with Crippen molar-refractivity contribution in [3.05, 3.63) is 0 Å². The highest BCUT2D eigenvalue weighted by molar-refractivity contribution is 5.84. The van der Waals surface area contributed by atoms with Crippen LogP contribution >= 0.6 is 0 Å².